The van der Waals surface area contributed by atoms with E-state index in [0.717, 1.165) is 15.6 Å². The number of aryl methyl sites for hydroxylation is 2. The fourth-order valence-electron chi connectivity index (χ4n) is 2.28. The molecular formula is C15H11ClN2O2S. The Kier molecular flexibility index (Phi) is 3.39. The van der Waals surface area contributed by atoms with E-state index >= 15 is 0 Å². The van der Waals surface area contributed by atoms with E-state index in [9.17, 15) is 9.90 Å². The zero-order chi connectivity index (χ0) is 15.1. The summed E-state index contributed by atoms with van der Waals surface area (Å²) < 4.78 is 0. The molecule has 0 saturated heterocycles. The maximum atomic E-state index is 11.5. The number of carboxylic acid groups (broad SMARTS) is 1. The van der Waals surface area contributed by atoms with Crippen LogP contribution in [0.1, 0.15) is 21.1 Å². The molecule has 1 aromatic carbocycles. The second-order valence-corrected chi connectivity index (χ2v) is 6.25. The molecule has 0 aliphatic carbocycles. The van der Waals surface area contributed by atoms with Gasteiger partial charge in [0.2, 0.25) is 0 Å². The number of halogens is 1. The van der Waals surface area contributed by atoms with Gasteiger partial charge < -0.3 is 5.11 Å². The van der Waals surface area contributed by atoms with E-state index in [1.807, 2.05) is 13.8 Å². The van der Waals surface area contributed by atoms with Crippen LogP contribution in [0.15, 0.2) is 24.3 Å². The van der Waals surface area contributed by atoms with Gasteiger partial charge in [-0.05, 0) is 26.0 Å². The fourth-order valence-corrected chi connectivity index (χ4v) is 3.37. The number of para-hydroxylation sites is 1. The van der Waals surface area contributed by atoms with Gasteiger partial charge in [-0.15, -0.1) is 11.3 Å². The van der Waals surface area contributed by atoms with Gasteiger partial charge in [0.25, 0.3) is 0 Å². The Hall–Kier alpha value is -1.98. The van der Waals surface area contributed by atoms with Crippen LogP contribution >= 0.6 is 22.9 Å². The standard InChI is InChI=1S/C15H11ClN2O2S/c1-7-14(21-8(2)17-7)12-6-10(15(19)20)9-4-3-5-11(16)13(9)18-12/h3-6H,1-2H3,(H,19,20). The Labute approximate surface area is 130 Å². The third-order valence-corrected chi connectivity index (χ3v) is 4.56. The third-order valence-electron chi connectivity index (χ3n) is 3.16. The zero-order valence-electron chi connectivity index (χ0n) is 11.3. The first-order chi connectivity index (χ1) is 9.97. The van der Waals surface area contributed by atoms with Gasteiger partial charge in [-0.25, -0.2) is 14.8 Å². The number of thiazole rings is 1. The van der Waals surface area contributed by atoms with Gasteiger partial charge in [-0.3, -0.25) is 0 Å². The van der Waals surface area contributed by atoms with Crippen molar-refractivity contribution in [2.45, 2.75) is 13.8 Å². The third kappa shape index (κ3) is 2.39. The van der Waals surface area contributed by atoms with Gasteiger partial charge in [-0.2, -0.15) is 0 Å². The molecule has 0 spiro atoms. The summed E-state index contributed by atoms with van der Waals surface area (Å²) >= 11 is 7.66. The van der Waals surface area contributed by atoms with Gasteiger partial charge >= 0.3 is 5.97 Å². The average molecular weight is 319 g/mol. The van der Waals surface area contributed by atoms with Crippen LogP contribution in [0, 0.1) is 13.8 Å². The predicted molar refractivity (Wildman–Crippen MR) is 84.3 cm³/mol. The number of nitrogens with zero attached hydrogens (tertiary/aromatic N) is 2. The van der Waals surface area contributed by atoms with Crippen molar-refractivity contribution in [3.63, 3.8) is 0 Å². The Morgan fingerprint density at radius 3 is 2.67 bits per heavy atom. The zero-order valence-corrected chi connectivity index (χ0v) is 12.9. The Morgan fingerprint density at radius 1 is 1.29 bits per heavy atom. The number of carbonyl (C=O) groups is 1. The molecule has 0 aliphatic rings. The monoisotopic (exact) mass is 318 g/mol. The number of pyridine rings is 1. The molecule has 21 heavy (non-hydrogen) atoms. The lowest BCUT2D eigenvalue weighted by Crippen LogP contribution is -2.00. The molecule has 106 valence electrons. The van der Waals surface area contributed by atoms with Crippen molar-refractivity contribution in [3.05, 3.63) is 45.6 Å². The van der Waals surface area contributed by atoms with E-state index in [4.69, 9.17) is 11.6 Å². The molecule has 1 N–H and O–H groups in total. The minimum atomic E-state index is -0.996. The summed E-state index contributed by atoms with van der Waals surface area (Å²) in [5.41, 5.74) is 2.13. The van der Waals surface area contributed by atoms with Gasteiger partial charge in [0.1, 0.15) is 0 Å². The van der Waals surface area contributed by atoms with Gasteiger partial charge in [0.05, 0.1) is 37.4 Å². The maximum absolute atomic E-state index is 11.5. The van der Waals surface area contributed by atoms with E-state index in [2.05, 4.69) is 9.97 Å². The number of aromatic carboxylic acids is 1. The first-order valence-electron chi connectivity index (χ1n) is 6.24. The number of carboxylic acids is 1. The predicted octanol–water partition coefficient (Wildman–Crippen LogP) is 4.33. The van der Waals surface area contributed by atoms with Crippen LogP contribution in [0.25, 0.3) is 21.5 Å². The van der Waals surface area contributed by atoms with Crippen LogP contribution in [0.2, 0.25) is 5.02 Å². The van der Waals surface area contributed by atoms with E-state index in [-0.39, 0.29) is 5.56 Å². The molecule has 2 heterocycles. The summed E-state index contributed by atoms with van der Waals surface area (Å²) in [5, 5.41) is 11.3. The van der Waals surface area contributed by atoms with Crippen molar-refractivity contribution in [2.24, 2.45) is 0 Å². The molecule has 0 amide bonds. The molecule has 2 aromatic heterocycles. The van der Waals surface area contributed by atoms with Crippen molar-refractivity contribution < 1.29 is 9.90 Å². The second kappa shape index (κ2) is 5.09. The largest absolute Gasteiger partial charge is 0.478 e. The van der Waals surface area contributed by atoms with Crippen molar-refractivity contribution >= 4 is 39.8 Å². The maximum Gasteiger partial charge on any atom is 0.336 e. The number of aromatic nitrogens is 2. The van der Waals surface area contributed by atoms with Gasteiger partial charge in [0.15, 0.2) is 0 Å². The summed E-state index contributed by atoms with van der Waals surface area (Å²) in [6.07, 6.45) is 0. The van der Waals surface area contributed by atoms with Crippen molar-refractivity contribution in [1.29, 1.82) is 0 Å². The van der Waals surface area contributed by atoms with Crippen LogP contribution in [-0.4, -0.2) is 21.0 Å². The number of hydrogen-bond donors (Lipinski definition) is 1. The SMILES string of the molecule is Cc1nc(C)c(-c2cc(C(=O)O)c3cccc(Cl)c3n2)s1. The van der Waals surface area contributed by atoms with Crippen molar-refractivity contribution in [2.75, 3.05) is 0 Å². The smallest absolute Gasteiger partial charge is 0.336 e. The highest BCUT2D eigenvalue weighted by Crippen LogP contribution is 2.33. The van der Waals surface area contributed by atoms with Gasteiger partial charge in [-0.1, -0.05) is 23.7 Å². The number of rotatable bonds is 2. The summed E-state index contributed by atoms with van der Waals surface area (Å²) in [4.78, 5) is 21.3. The molecule has 0 fully saturated rings. The molecule has 4 nitrogen and oxygen atoms in total. The molecule has 0 bridgehead atoms. The lowest BCUT2D eigenvalue weighted by Gasteiger charge is -2.07. The second-order valence-electron chi connectivity index (χ2n) is 4.64. The van der Waals surface area contributed by atoms with Crippen LogP contribution in [0.5, 0.6) is 0 Å². The lowest BCUT2D eigenvalue weighted by atomic mass is 10.1. The molecule has 0 radical (unpaired) electrons. The summed E-state index contributed by atoms with van der Waals surface area (Å²) in [6, 6.07) is 6.73. The summed E-state index contributed by atoms with van der Waals surface area (Å²) in [6.45, 7) is 3.80. The highest BCUT2D eigenvalue weighted by molar-refractivity contribution is 7.15. The van der Waals surface area contributed by atoms with Crippen molar-refractivity contribution in [1.82, 2.24) is 9.97 Å². The Morgan fingerprint density at radius 2 is 2.05 bits per heavy atom. The molecule has 0 saturated carbocycles. The molecule has 3 rings (SSSR count). The molecule has 0 atom stereocenters. The highest BCUT2D eigenvalue weighted by Gasteiger charge is 2.17. The Bertz CT molecular complexity index is 873. The van der Waals surface area contributed by atoms with Crippen molar-refractivity contribution in [3.8, 4) is 10.6 Å². The van der Waals surface area contributed by atoms with E-state index < -0.39 is 5.97 Å². The van der Waals surface area contributed by atoms with Crippen LogP contribution in [-0.2, 0) is 0 Å². The van der Waals surface area contributed by atoms with E-state index in [1.54, 1.807) is 24.3 Å². The summed E-state index contributed by atoms with van der Waals surface area (Å²) in [7, 11) is 0. The van der Waals surface area contributed by atoms with E-state index in [1.165, 1.54) is 11.3 Å². The normalized spacial score (nSPS) is 11.0. The average Bonchev–Trinajstić information content (AvgIpc) is 2.77. The number of hydrogen-bond acceptors (Lipinski definition) is 4. The minimum Gasteiger partial charge on any atom is -0.478 e. The lowest BCUT2D eigenvalue weighted by molar-refractivity contribution is 0.0699. The molecule has 3 aromatic rings. The molecular weight excluding hydrogens is 308 g/mol. The van der Waals surface area contributed by atoms with E-state index in [0.29, 0.717) is 21.6 Å². The molecule has 0 unspecified atom stereocenters. The first-order valence-corrected chi connectivity index (χ1v) is 7.44. The molecule has 0 aliphatic heterocycles. The fraction of sp³-hybridized carbons (Fsp3) is 0.133. The number of fused-ring (bicyclic) bond motifs is 1. The molecule has 6 heteroatoms. The first kappa shape index (κ1) is 14.0. The quantitative estimate of drug-likeness (QED) is 0.764. The van der Waals surface area contributed by atoms with Gasteiger partial charge in [0, 0.05) is 5.39 Å². The highest BCUT2D eigenvalue weighted by atomic mass is 35.5. The number of benzene rings is 1. The van der Waals surface area contributed by atoms with Crippen LogP contribution in [0.4, 0.5) is 0 Å². The van der Waals surface area contributed by atoms with Crippen LogP contribution < -0.4 is 0 Å². The topological polar surface area (TPSA) is 63.1 Å². The summed E-state index contributed by atoms with van der Waals surface area (Å²) in [5.74, 6) is -0.996. The van der Waals surface area contributed by atoms with Crippen LogP contribution in [0.3, 0.4) is 0 Å². The minimum absolute atomic E-state index is 0.197. The Balaban J connectivity index is 2.37.